The first-order chi connectivity index (χ1) is 10.1. The summed E-state index contributed by atoms with van der Waals surface area (Å²) in [5.41, 5.74) is 3.87. The second kappa shape index (κ2) is 5.15. The number of hydrogen-bond acceptors (Lipinski definition) is 6. The van der Waals surface area contributed by atoms with E-state index in [2.05, 4.69) is 10.4 Å². The van der Waals surface area contributed by atoms with E-state index < -0.39 is 5.76 Å². The third-order valence-electron chi connectivity index (χ3n) is 3.13. The van der Waals surface area contributed by atoms with Gasteiger partial charge in [-0.2, -0.15) is 0 Å². The lowest BCUT2D eigenvalue weighted by Crippen LogP contribution is -2.29. The Balaban J connectivity index is 2.03. The minimum atomic E-state index is -0.473. The van der Waals surface area contributed by atoms with Crippen LogP contribution in [0.15, 0.2) is 33.6 Å². The summed E-state index contributed by atoms with van der Waals surface area (Å²) in [6.07, 6.45) is 1.60. The first-order valence-electron chi connectivity index (χ1n) is 6.14. The summed E-state index contributed by atoms with van der Waals surface area (Å²) < 4.78 is 6.57. The van der Waals surface area contributed by atoms with Gasteiger partial charge in [0.15, 0.2) is 11.2 Å². The van der Waals surface area contributed by atoms with E-state index in [0.717, 1.165) is 10.4 Å². The number of rotatable bonds is 3. The molecule has 0 aliphatic rings. The Kier molecular flexibility index (Phi) is 3.32. The summed E-state index contributed by atoms with van der Waals surface area (Å²) in [6.45, 7) is 2.18. The van der Waals surface area contributed by atoms with Crippen molar-refractivity contribution in [1.82, 2.24) is 15.0 Å². The van der Waals surface area contributed by atoms with E-state index in [1.807, 2.05) is 6.92 Å². The largest absolute Gasteiger partial charge is 0.421 e. The highest BCUT2D eigenvalue weighted by Gasteiger charge is 2.15. The van der Waals surface area contributed by atoms with Crippen LogP contribution >= 0.6 is 11.3 Å². The number of carbonyl (C=O) groups is 1. The molecule has 108 valence electrons. The number of carbonyl (C=O) groups excluding carboxylic acids is 1. The van der Waals surface area contributed by atoms with Crippen LogP contribution in [-0.2, 0) is 6.54 Å². The molecule has 7 nitrogen and oxygen atoms in total. The number of oxazole rings is 1. The molecule has 0 bridgehead atoms. The normalized spacial score (nSPS) is 11.0. The molecule has 1 amide bonds. The van der Waals surface area contributed by atoms with Gasteiger partial charge in [-0.1, -0.05) is 0 Å². The Labute approximate surface area is 123 Å². The summed E-state index contributed by atoms with van der Waals surface area (Å²) in [7, 11) is 0. The zero-order valence-electron chi connectivity index (χ0n) is 11.1. The summed E-state index contributed by atoms with van der Waals surface area (Å²) in [6, 6.07) is 5.11. The van der Waals surface area contributed by atoms with Gasteiger partial charge in [0.05, 0.1) is 11.4 Å². The molecule has 3 aromatic rings. The van der Waals surface area contributed by atoms with Crippen LogP contribution in [0.5, 0.6) is 0 Å². The van der Waals surface area contributed by atoms with E-state index >= 15 is 0 Å². The summed E-state index contributed by atoms with van der Waals surface area (Å²) in [4.78, 5) is 29.0. The van der Waals surface area contributed by atoms with Gasteiger partial charge in [-0.15, -0.1) is 11.3 Å². The van der Waals surface area contributed by atoms with E-state index in [9.17, 15) is 9.59 Å². The highest BCUT2D eigenvalue weighted by atomic mass is 32.1. The van der Waals surface area contributed by atoms with Crippen molar-refractivity contribution in [2.75, 3.05) is 0 Å². The van der Waals surface area contributed by atoms with Gasteiger partial charge < -0.3 is 4.42 Å². The van der Waals surface area contributed by atoms with Gasteiger partial charge in [-0.25, -0.2) is 15.6 Å². The van der Waals surface area contributed by atoms with Crippen molar-refractivity contribution < 1.29 is 9.21 Å². The average molecular weight is 304 g/mol. The number of aromatic nitrogens is 2. The molecule has 0 aliphatic carbocycles. The third kappa shape index (κ3) is 2.34. The fourth-order valence-electron chi connectivity index (χ4n) is 2.07. The molecule has 3 heterocycles. The molecule has 0 fully saturated rings. The molecule has 0 spiro atoms. The van der Waals surface area contributed by atoms with Crippen LogP contribution in [0.1, 0.15) is 20.1 Å². The fraction of sp³-hybridized carbons (Fsp3) is 0.154. The summed E-state index contributed by atoms with van der Waals surface area (Å²) in [5, 5.41) is 0. The zero-order chi connectivity index (χ0) is 15.0. The van der Waals surface area contributed by atoms with Crippen LogP contribution in [-0.4, -0.2) is 15.5 Å². The highest BCUT2D eigenvalue weighted by molar-refractivity contribution is 7.14. The maximum absolute atomic E-state index is 11.9. The smallest absolute Gasteiger partial charge is 0.406 e. The molecule has 8 heteroatoms. The van der Waals surface area contributed by atoms with Gasteiger partial charge in [-0.3, -0.25) is 14.8 Å². The lowest BCUT2D eigenvalue weighted by molar-refractivity contribution is 0.0957. The third-order valence-corrected chi connectivity index (χ3v) is 4.22. The Morgan fingerprint density at radius 3 is 3.14 bits per heavy atom. The topological polar surface area (TPSA) is 103 Å². The molecule has 0 saturated heterocycles. The first kappa shape index (κ1) is 13.5. The molecule has 0 aromatic carbocycles. The number of nitrogens with one attached hydrogen (secondary N) is 1. The zero-order valence-corrected chi connectivity index (χ0v) is 11.9. The van der Waals surface area contributed by atoms with Crippen LogP contribution in [0.25, 0.3) is 11.2 Å². The minimum Gasteiger partial charge on any atom is -0.406 e. The predicted octanol–water partition coefficient (Wildman–Crippen LogP) is 1.01. The van der Waals surface area contributed by atoms with Crippen LogP contribution in [0, 0.1) is 6.92 Å². The Hall–Kier alpha value is -2.45. The number of fused-ring (bicyclic) bond motifs is 1. The maximum Gasteiger partial charge on any atom is 0.421 e. The number of hydrazine groups is 1. The van der Waals surface area contributed by atoms with E-state index in [-0.39, 0.29) is 5.91 Å². The maximum atomic E-state index is 11.9. The van der Waals surface area contributed by atoms with Crippen LogP contribution in [0.2, 0.25) is 0 Å². The number of hydrogen-bond donors (Lipinski definition) is 2. The van der Waals surface area contributed by atoms with E-state index in [1.54, 1.807) is 24.4 Å². The fourth-order valence-corrected chi connectivity index (χ4v) is 3.01. The predicted molar refractivity (Wildman–Crippen MR) is 78.1 cm³/mol. The van der Waals surface area contributed by atoms with Crippen molar-refractivity contribution in [3.05, 3.63) is 50.3 Å². The number of nitrogens with zero attached hydrogens (tertiary/aromatic N) is 2. The lowest BCUT2D eigenvalue weighted by Gasteiger charge is -2.00. The number of aryl methyl sites for hydroxylation is 1. The van der Waals surface area contributed by atoms with Crippen LogP contribution in [0.4, 0.5) is 0 Å². The quantitative estimate of drug-likeness (QED) is 0.427. The SMILES string of the molecule is Cc1sc(C(=O)NN)cc1Cn1c(=O)oc2cccnc21. The van der Waals surface area contributed by atoms with E-state index in [4.69, 9.17) is 10.3 Å². The van der Waals surface area contributed by atoms with Gasteiger partial charge in [-0.05, 0) is 30.7 Å². The molecule has 21 heavy (non-hydrogen) atoms. The van der Waals surface area contributed by atoms with Gasteiger partial charge in [0.25, 0.3) is 5.91 Å². The molecule has 0 saturated carbocycles. The molecular weight excluding hydrogens is 292 g/mol. The van der Waals surface area contributed by atoms with Crippen molar-refractivity contribution in [1.29, 1.82) is 0 Å². The molecule has 0 aliphatic heterocycles. The number of amides is 1. The number of nitrogen functional groups attached to an aromatic ring is 1. The number of thiophene rings is 1. The van der Waals surface area contributed by atoms with Gasteiger partial charge in [0.1, 0.15) is 0 Å². The second-order valence-electron chi connectivity index (χ2n) is 4.44. The lowest BCUT2D eigenvalue weighted by atomic mass is 10.2. The highest BCUT2D eigenvalue weighted by Crippen LogP contribution is 2.23. The molecule has 3 N–H and O–H groups in total. The van der Waals surface area contributed by atoms with E-state index in [1.165, 1.54) is 15.9 Å². The molecule has 3 rings (SSSR count). The van der Waals surface area contributed by atoms with Crippen molar-refractivity contribution >= 4 is 28.5 Å². The average Bonchev–Trinajstić information content (AvgIpc) is 3.00. The summed E-state index contributed by atoms with van der Waals surface area (Å²) >= 11 is 1.32. The molecule has 0 atom stereocenters. The van der Waals surface area contributed by atoms with Crippen molar-refractivity contribution in [2.45, 2.75) is 13.5 Å². The monoisotopic (exact) mass is 304 g/mol. The van der Waals surface area contributed by atoms with Crippen molar-refractivity contribution in [3.63, 3.8) is 0 Å². The molecular formula is C13H12N4O3S. The van der Waals surface area contributed by atoms with Crippen LogP contribution < -0.4 is 17.0 Å². The van der Waals surface area contributed by atoms with Crippen LogP contribution in [0.3, 0.4) is 0 Å². The van der Waals surface area contributed by atoms with E-state index in [0.29, 0.717) is 22.7 Å². The first-order valence-corrected chi connectivity index (χ1v) is 6.96. The summed E-state index contributed by atoms with van der Waals surface area (Å²) in [5.74, 6) is 4.30. The number of nitrogens with two attached hydrogens (primary N) is 1. The van der Waals surface area contributed by atoms with Gasteiger partial charge in [0, 0.05) is 11.1 Å². The van der Waals surface area contributed by atoms with Crippen molar-refractivity contribution in [2.24, 2.45) is 5.84 Å². The van der Waals surface area contributed by atoms with Gasteiger partial charge >= 0.3 is 5.76 Å². The van der Waals surface area contributed by atoms with Gasteiger partial charge in [0.2, 0.25) is 0 Å². The van der Waals surface area contributed by atoms with Crippen molar-refractivity contribution in [3.8, 4) is 0 Å². The molecule has 0 radical (unpaired) electrons. The standard InChI is InChI=1S/C13H12N4O3S/c1-7-8(5-10(21-7)12(18)16-14)6-17-11-9(20-13(17)19)3-2-4-15-11/h2-5H,6,14H2,1H3,(H,16,18). The Morgan fingerprint density at radius 2 is 2.38 bits per heavy atom. The Morgan fingerprint density at radius 1 is 1.57 bits per heavy atom. The second-order valence-corrected chi connectivity index (χ2v) is 5.70. The molecule has 0 unspecified atom stereocenters. The minimum absolute atomic E-state index is 0.295. The molecule has 3 aromatic heterocycles. The Bertz CT molecular complexity index is 877. The number of pyridine rings is 1.